The third-order valence-corrected chi connectivity index (χ3v) is 3.06. The van der Waals surface area contributed by atoms with Gasteiger partial charge in [-0.2, -0.15) is 0 Å². The number of rotatable bonds is 3. The Labute approximate surface area is 96.7 Å². The molecule has 0 fully saturated rings. The van der Waals surface area contributed by atoms with Gasteiger partial charge in [0.15, 0.2) is 0 Å². The van der Waals surface area contributed by atoms with E-state index in [2.05, 4.69) is 29.0 Å². The van der Waals surface area contributed by atoms with Crippen LogP contribution in [0.3, 0.4) is 0 Å². The molecular weight excluding hydrogens is 200 g/mol. The van der Waals surface area contributed by atoms with Crippen molar-refractivity contribution in [2.45, 2.75) is 13.3 Å². The van der Waals surface area contributed by atoms with Gasteiger partial charge in [-0.1, -0.05) is 13.0 Å². The maximum Gasteiger partial charge on any atom is 0.137 e. The van der Waals surface area contributed by atoms with Crippen LogP contribution in [0.25, 0.3) is 5.57 Å². The molecule has 0 saturated carbocycles. The van der Waals surface area contributed by atoms with E-state index in [1.807, 2.05) is 6.20 Å². The van der Waals surface area contributed by atoms with E-state index in [4.69, 9.17) is 4.74 Å². The Morgan fingerprint density at radius 1 is 1.44 bits per heavy atom. The van der Waals surface area contributed by atoms with Crippen molar-refractivity contribution in [1.82, 2.24) is 9.88 Å². The van der Waals surface area contributed by atoms with Gasteiger partial charge in [0, 0.05) is 19.3 Å². The van der Waals surface area contributed by atoms with Crippen LogP contribution in [-0.2, 0) is 0 Å². The SMILES string of the molecule is CCN1CC=C(c2cncc(OC)c2)CC1. The Morgan fingerprint density at radius 3 is 2.94 bits per heavy atom. The zero-order chi connectivity index (χ0) is 11.4. The molecule has 1 aromatic heterocycles. The highest BCUT2D eigenvalue weighted by atomic mass is 16.5. The van der Waals surface area contributed by atoms with Gasteiger partial charge in [0.1, 0.15) is 5.75 Å². The summed E-state index contributed by atoms with van der Waals surface area (Å²) in [6.45, 7) is 5.51. The average Bonchev–Trinajstić information content (AvgIpc) is 2.39. The van der Waals surface area contributed by atoms with Crippen LogP contribution < -0.4 is 4.74 Å². The van der Waals surface area contributed by atoms with Gasteiger partial charge in [-0.25, -0.2) is 0 Å². The lowest BCUT2D eigenvalue weighted by atomic mass is 10.0. The molecule has 3 nitrogen and oxygen atoms in total. The topological polar surface area (TPSA) is 25.4 Å². The number of methoxy groups -OCH3 is 1. The fourth-order valence-electron chi connectivity index (χ4n) is 1.97. The number of hydrogen-bond acceptors (Lipinski definition) is 3. The fourth-order valence-corrected chi connectivity index (χ4v) is 1.97. The monoisotopic (exact) mass is 218 g/mol. The van der Waals surface area contributed by atoms with Crippen molar-refractivity contribution in [3.63, 3.8) is 0 Å². The molecule has 0 atom stereocenters. The van der Waals surface area contributed by atoms with Gasteiger partial charge < -0.3 is 4.74 Å². The van der Waals surface area contributed by atoms with Crippen molar-refractivity contribution < 1.29 is 4.74 Å². The first-order valence-corrected chi connectivity index (χ1v) is 5.74. The van der Waals surface area contributed by atoms with Crippen molar-refractivity contribution in [2.75, 3.05) is 26.7 Å². The van der Waals surface area contributed by atoms with E-state index in [9.17, 15) is 0 Å². The molecule has 2 rings (SSSR count). The molecule has 0 amide bonds. The minimum atomic E-state index is 0.830. The number of ether oxygens (including phenoxy) is 1. The molecule has 0 spiro atoms. The molecule has 0 N–H and O–H groups in total. The molecule has 16 heavy (non-hydrogen) atoms. The average molecular weight is 218 g/mol. The first-order valence-electron chi connectivity index (χ1n) is 5.74. The normalized spacial score (nSPS) is 17.0. The Hall–Kier alpha value is -1.35. The van der Waals surface area contributed by atoms with Crippen LogP contribution >= 0.6 is 0 Å². The number of pyridine rings is 1. The quantitative estimate of drug-likeness (QED) is 0.777. The van der Waals surface area contributed by atoms with Crippen molar-refractivity contribution in [2.24, 2.45) is 0 Å². The highest BCUT2D eigenvalue weighted by Crippen LogP contribution is 2.24. The highest BCUT2D eigenvalue weighted by Gasteiger charge is 2.11. The highest BCUT2D eigenvalue weighted by molar-refractivity contribution is 5.66. The van der Waals surface area contributed by atoms with Crippen LogP contribution in [0.1, 0.15) is 18.9 Å². The van der Waals surface area contributed by atoms with E-state index >= 15 is 0 Å². The number of nitrogens with zero attached hydrogens (tertiary/aromatic N) is 2. The molecular formula is C13H18N2O. The molecule has 1 aliphatic rings. The Balaban J connectivity index is 2.15. The molecule has 0 aromatic carbocycles. The predicted molar refractivity (Wildman–Crippen MR) is 65.5 cm³/mol. The second-order valence-corrected chi connectivity index (χ2v) is 3.99. The van der Waals surface area contributed by atoms with Gasteiger partial charge in [0.25, 0.3) is 0 Å². The summed E-state index contributed by atoms with van der Waals surface area (Å²) in [5.41, 5.74) is 2.58. The molecule has 0 aliphatic carbocycles. The number of aromatic nitrogens is 1. The summed E-state index contributed by atoms with van der Waals surface area (Å²) in [5.74, 6) is 0.830. The van der Waals surface area contributed by atoms with Gasteiger partial charge >= 0.3 is 0 Å². The molecule has 2 heterocycles. The van der Waals surface area contributed by atoms with Gasteiger partial charge in [0.05, 0.1) is 13.3 Å². The van der Waals surface area contributed by atoms with Crippen LogP contribution in [0.2, 0.25) is 0 Å². The van der Waals surface area contributed by atoms with E-state index in [1.54, 1.807) is 13.3 Å². The number of hydrogen-bond donors (Lipinski definition) is 0. The maximum atomic E-state index is 5.19. The zero-order valence-corrected chi connectivity index (χ0v) is 9.94. The Bertz CT molecular complexity index is 387. The summed E-state index contributed by atoms with van der Waals surface area (Å²) in [4.78, 5) is 6.62. The second-order valence-electron chi connectivity index (χ2n) is 3.99. The van der Waals surface area contributed by atoms with E-state index in [1.165, 1.54) is 11.1 Å². The van der Waals surface area contributed by atoms with Crippen molar-refractivity contribution in [3.05, 3.63) is 30.1 Å². The van der Waals surface area contributed by atoms with Crippen molar-refractivity contribution in [3.8, 4) is 5.75 Å². The summed E-state index contributed by atoms with van der Waals surface area (Å²) in [7, 11) is 1.68. The molecule has 0 bridgehead atoms. The van der Waals surface area contributed by atoms with Gasteiger partial charge in [-0.15, -0.1) is 0 Å². The lowest BCUT2D eigenvalue weighted by Crippen LogP contribution is -2.28. The Morgan fingerprint density at radius 2 is 2.31 bits per heavy atom. The number of likely N-dealkylation sites (N-methyl/N-ethyl adjacent to an activating group) is 1. The van der Waals surface area contributed by atoms with E-state index in [0.29, 0.717) is 0 Å². The lowest BCUT2D eigenvalue weighted by molar-refractivity contribution is 0.318. The summed E-state index contributed by atoms with van der Waals surface area (Å²) in [5, 5.41) is 0. The van der Waals surface area contributed by atoms with Crippen molar-refractivity contribution in [1.29, 1.82) is 0 Å². The Kier molecular flexibility index (Phi) is 3.57. The third kappa shape index (κ3) is 2.42. The first-order chi connectivity index (χ1) is 7.83. The minimum absolute atomic E-state index is 0.830. The summed E-state index contributed by atoms with van der Waals surface area (Å²) < 4.78 is 5.19. The zero-order valence-electron chi connectivity index (χ0n) is 9.94. The molecule has 0 unspecified atom stereocenters. The minimum Gasteiger partial charge on any atom is -0.495 e. The van der Waals surface area contributed by atoms with Gasteiger partial charge in [0.2, 0.25) is 0 Å². The van der Waals surface area contributed by atoms with Crippen LogP contribution in [0, 0.1) is 0 Å². The van der Waals surface area contributed by atoms with Crippen LogP contribution in [0.4, 0.5) is 0 Å². The lowest BCUT2D eigenvalue weighted by Gasteiger charge is -2.24. The van der Waals surface area contributed by atoms with Crippen LogP contribution in [0.15, 0.2) is 24.5 Å². The smallest absolute Gasteiger partial charge is 0.137 e. The molecule has 0 saturated heterocycles. The first kappa shape index (κ1) is 11.1. The summed E-state index contributed by atoms with van der Waals surface area (Å²) in [6, 6.07) is 2.06. The molecule has 1 aliphatic heterocycles. The van der Waals surface area contributed by atoms with Crippen molar-refractivity contribution >= 4 is 5.57 Å². The van der Waals surface area contributed by atoms with E-state index in [0.717, 1.165) is 31.8 Å². The van der Waals surface area contributed by atoms with Gasteiger partial charge in [-0.3, -0.25) is 9.88 Å². The third-order valence-electron chi connectivity index (χ3n) is 3.06. The molecule has 86 valence electrons. The van der Waals surface area contributed by atoms with E-state index in [-0.39, 0.29) is 0 Å². The van der Waals surface area contributed by atoms with Gasteiger partial charge in [-0.05, 0) is 30.2 Å². The van der Waals surface area contributed by atoms with Crippen LogP contribution in [-0.4, -0.2) is 36.6 Å². The molecule has 1 aromatic rings. The standard InChI is InChI=1S/C13H18N2O/c1-3-15-6-4-11(5-7-15)12-8-13(16-2)10-14-9-12/h4,8-10H,3,5-7H2,1-2H3. The predicted octanol–water partition coefficient (Wildman–Crippen LogP) is 2.20. The molecule has 0 radical (unpaired) electrons. The fraction of sp³-hybridized carbons (Fsp3) is 0.462. The largest absolute Gasteiger partial charge is 0.495 e. The molecule has 3 heteroatoms. The summed E-state index contributed by atoms with van der Waals surface area (Å²) in [6.07, 6.45) is 7.05. The maximum absolute atomic E-state index is 5.19. The van der Waals surface area contributed by atoms with Crippen LogP contribution in [0.5, 0.6) is 5.75 Å². The second kappa shape index (κ2) is 5.12. The summed E-state index contributed by atoms with van der Waals surface area (Å²) >= 11 is 0. The van der Waals surface area contributed by atoms with E-state index < -0.39 is 0 Å².